The van der Waals surface area contributed by atoms with Gasteiger partial charge in [0.25, 0.3) is 0 Å². The Bertz CT molecular complexity index is 650. The summed E-state index contributed by atoms with van der Waals surface area (Å²) in [5.74, 6) is 0.0161. The Labute approximate surface area is 130 Å². The molecule has 110 valence electrons. The van der Waals surface area contributed by atoms with Crippen molar-refractivity contribution in [2.75, 3.05) is 6.54 Å². The van der Waals surface area contributed by atoms with Gasteiger partial charge in [-0.15, -0.1) is 11.3 Å². The smallest absolute Gasteiger partial charge is 0.211 e. The second-order valence-electron chi connectivity index (χ2n) is 4.84. The largest absolute Gasteiger partial charge is 0.246 e. The van der Waals surface area contributed by atoms with Crippen LogP contribution in [0.3, 0.4) is 0 Å². The molecule has 1 aromatic rings. The molecule has 0 amide bonds. The number of hydrogen-bond acceptors (Lipinski definition) is 5. The monoisotopic (exact) mass is 378 g/mol. The first kappa shape index (κ1) is 15.9. The molecule has 2 unspecified atom stereocenters. The Hall–Kier alpha value is -0.530. The van der Waals surface area contributed by atoms with Crippen LogP contribution in [0.2, 0.25) is 0 Å². The summed E-state index contributed by atoms with van der Waals surface area (Å²) in [5.41, 5.74) is 0. The maximum Gasteiger partial charge on any atom is 0.246 e. The average molecular weight is 379 g/mol. The summed E-state index contributed by atoms with van der Waals surface area (Å²) < 4.78 is 27.6. The van der Waals surface area contributed by atoms with Gasteiger partial charge in [-0.25, -0.2) is 13.2 Å². The number of isocyanates is 1. The molecule has 0 N–H and O–H groups in total. The first-order chi connectivity index (χ1) is 9.37. The summed E-state index contributed by atoms with van der Waals surface area (Å²) in [6.45, 7) is 4.06. The molecule has 1 aromatic heterocycles. The van der Waals surface area contributed by atoms with Crippen molar-refractivity contribution in [2.24, 2.45) is 10.9 Å². The van der Waals surface area contributed by atoms with E-state index in [1.54, 1.807) is 13.0 Å². The number of halogens is 1. The first-order valence-corrected chi connectivity index (χ1v) is 9.27. The highest BCUT2D eigenvalue weighted by atomic mass is 79.9. The second kappa shape index (κ2) is 6.07. The zero-order valence-corrected chi connectivity index (χ0v) is 14.4. The van der Waals surface area contributed by atoms with E-state index in [1.165, 1.54) is 21.7 Å². The molecule has 20 heavy (non-hydrogen) atoms. The van der Waals surface area contributed by atoms with Crippen molar-refractivity contribution in [2.45, 2.75) is 37.8 Å². The van der Waals surface area contributed by atoms with Gasteiger partial charge in [0.05, 0.1) is 8.68 Å². The quantitative estimate of drug-likeness (QED) is 0.599. The number of sulfonamides is 1. The standard InChI is InChI=1S/C12H15BrN2O3S2/c1-8-4-3-5-15(12(8)14-7-16)20(17,18)10-6-11(13)19-9(10)2/h6,8,12H,3-5H2,1-2H3. The van der Waals surface area contributed by atoms with Crippen molar-refractivity contribution in [1.82, 2.24) is 4.31 Å². The third-order valence-corrected chi connectivity index (χ3v) is 7.13. The topological polar surface area (TPSA) is 66.8 Å². The van der Waals surface area contributed by atoms with E-state index < -0.39 is 16.2 Å². The van der Waals surface area contributed by atoms with Crippen LogP contribution in [-0.2, 0) is 14.8 Å². The summed E-state index contributed by atoms with van der Waals surface area (Å²) in [4.78, 5) is 15.3. The van der Waals surface area contributed by atoms with E-state index in [0.717, 1.165) is 21.5 Å². The van der Waals surface area contributed by atoms with Crippen LogP contribution < -0.4 is 0 Å². The van der Waals surface area contributed by atoms with E-state index >= 15 is 0 Å². The average Bonchev–Trinajstić information content (AvgIpc) is 2.72. The molecule has 5 nitrogen and oxygen atoms in total. The molecule has 0 aliphatic carbocycles. The molecule has 2 rings (SSSR count). The van der Waals surface area contributed by atoms with Crippen LogP contribution in [0.4, 0.5) is 0 Å². The van der Waals surface area contributed by atoms with E-state index in [1.807, 2.05) is 6.92 Å². The lowest BCUT2D eigenvalue weighted by Gasteiger charge is -2.35. The summed E-state index contributed by atoms with van der Waals surface area (Å²) in [7, 11) is -3.64. The molecular weight excluding hydrogens is 364 g/mol. The zero-order valence-electron chi connectivity index (χ0n) is 11.2. The number of nitrogens with zero attached hydrogens (tertiary/aromatic N) is 2. The molecule has 1 aliphatic rings. The summed E-state index contributed by atoms with van der Waals surface area (Å²) in [5, 5.41) is 0. The molecule has 2 heterocycles. The van der Waals surface area contributed by atoms with Gasteiger partial charge in [-0.3, -0.25) is 0 Å². The number of rotatable bonds is 3. The SMILES string of the molecule is Cc1sc(Br)cc1S(=O)(=O)N1CCCC(C)C1N=C=O. The van der Waals surface area contributed by atoms with Crippen LogP contribution >= 0.6 is 27.3 Å². The highest BCUT2D eigenvalue weighted by Gasteiger charge is 2.38. The van der Waals surface area contributed by atoms with Gasteiger partial charge in [0.15, 0.2) is 0 Å². The Morgan fingerprint density at radius 3 is 2.80 bits per heavy atom. The first-order valence-electron chi connectivity index (χ1n) is 6.22. The number of thiophene rings is 1. The van der Waals surface area contributed by atoms with E-state index in [4.69, 9.17) is 0 Å². The number of piperidine rings is 1. The van der Waals surface area contributed by atoms with Crippen LogP contribution in [0.25, 0.3) is 0 Å². The van der Waals surface area contributed by atoms with Gasteiger partial charge in [0.2, 0.25) is 16.1 Å². The fraction of sp³-hybridized carbons (Fsp3) is 0.583. The van der Waals surface area contributed by atoms with E-state index in [0.29, 0.717) is 6.54 Å². The predicted molar refractivity (Wildman–Crippen MR) is 81.0 cm³/mol. The van der Waals surface area contributed by atoms with Gasteiger partial charge in [0, 0.05) is 11.4 Å². The minimum Gasteiger partial charge on any atom is -0.211 e. The van der Waals surface area contributed by atoms with Crippen LogP contribution in [0.5, 0.6) is 0 Å². The molecule has 0 saturated carbocycles. The zero-order chi connectivity index (χ0) is 14.9. The predicted octanol–water partition coefficient (Wildman–Crippen LogP) is 2.90. The highest BCUT2D eigenvalue weighted by molar-refractivity contribution is 9.11. The van der Waals surface area contributed by atoms with Crippen LogP contribution in [-0.4, -0.2) is 31.5 Å². The van der Waals surface area contributed by atoms with Crippen LogP contribution in [0, 0.1) is 12.8 Å². The minimum atomic E-state index is -3.64. The van der Waals surface area contributed by atoms with Gasteiger partial charge in [-0.1, -0.05) is 6.92 Å². The number of aryl methyl sites for hydroxylation is 1. The lowest BCUT2D eigenvalue weighted by Crippen LogP contribution is -2.46. The van der Waals surface area contributed by atoms with E-state index in [-0.39, 0.29) is 10.8 Å². The Kier molecular flexibility index (Phi) is 4.81. The summed E-state index contributed by atoms with van der Waals surface area (Å²) in [6.07, 6.45) is 2.48. The molecule has 1 saturated heterocycles. The van der Waals surface area contributed by atoms with Crippen molar-refractivity contribution in [3.05, 3.63) is 14.7 Å². The van der Waals surface area contributed by atoms with E-state index in [9.17, 15) is 13.2 Å². The van der Waals surface area contributed by atoms with Gasteiger partial charge >= 0.3 is 0 Å². The summed E-state index contributed by atoms with van der Waals surface area (Å²) in [6, 6.07) is 1.61. The van der Waals surface area contributed by atoms with Gasteiger partial charge in [-0.2, -0.15) is 9.30 Å². The molecular formula is C12H15BrN2O3S2. The molecule has 2 atom stereocenters. The Morgan fingerprint density at radius 1 is 1.55 bits per heavy atom. The Morgan fingerprint density at radius 2 is 2.25 bits per heavy atom. The van der Waals surface area contributed by atoms with Crippen molar-refractivity contribution < 1.29 is 13.2 Å². The normalized spacial score (nSPS) is 24.4. The second-order valence-corrected chi connectivity index (χ2v) is 9.33. The molecule has 0 aromatic carbocycles. The van der Waals surface area contributed by atoms with E-state index in [2.05, 4.69) is 20.9 Å². The lowest BCUT2D eigenvalue weighted by atomic mass is 9.98. The third kappa shape index (κ3) is 2.89. The maximum absolute atomic E-state index is 12.8. The molecule has 1 aliphatic heterocycles. The number of hydrogen-bond donors (Lipinski definition) is 0. The fourth-order valence-corrected chi connectivity index (χ4v) is 6.50. The van der Waals surface area contributed by atoms with Gasteiger partial charge in [0.1, 0.15) is 6.17 Å². The number of carbonyl (C=O) groups excluding carboxylic acids is 1. The molecule has 1 fully saturated rings. The molecule has 0 bridgehead atoms. The van der Waals surface area contributed by atoms with Crippen molar-refractivity contribution in [1.29, 1.82) is 0 Å². The summed E-state index contributed by atoms with van der Waals surface area (Å²) >= 11 is 4.69. The minimum absolute atomic E-state index is 0.0161. The molecule has 0 spiro atoms. The van der Waals surface area contributed by atoms with Crippen molar-refractivity contribution >= 4 is 43.4 Å². The van der Waals surface area contributed by atoms with Crippen molar-refractivity contribution in [3.8, 4) is 0 Å². The third-order valence-electron chi connectivity index (χ3n) is 3.46. The van der Waals surface area contributed by atoms with Crippen LogP contribution in [0.1, 0.15) is 24.6 Å². The van der Waals surface area contributed by atoms with Gasteiger partial charge in [-0.05, 0) is 47.7 Å². The van der Waals surface area contributed by atoms with Gasteiger partial charge < -0.3 is 0 Å². The number of aliphatic imine (C=N–C) groups is 1. The lowest BCUT2D eigenvalue weighted by molar-refractivity contribution is 0.194. The highest BCUT2D eigenvalue weighted by Crippen LogP contribution is 2.35. The maximum atomic E-state index is 12.8. The van der Waals surface area contributed by atoms with Crippen molar-refractivity contribution in [3.63, 3.8) is 0 Å². The Balaban J connectivity index is 2.46. The molecule has 8 heteroatoms. The van der Waals surface area contributed by atoms with Crippen LogP contribution in [0.15, 0.2) is 19.7 Å². The fourth-order valence-electron chi connectivity index (χ4n) is 2.46. The molecule has 0 radical (unpaired) electrons.